The molecule has 0 spiro atoms. The molecule has 174 valence electrons. The molecule has 2 heterocycles. The number of carboxylic acids is 1. The number of rotatable bonds is 5. The van der Waals surface area contributed by atoms with E-state index in [1.54, 1.807) is 6.07 Å². The number of benzene rings is 1. The van der Waals surface area contributed by atoms with Crippen LogP contribution < -0.4 is 21.1 Å². The van der Waals surface area contributed by atoms with E-state index in [-0.39, 0.29) is 22.2 Å². The summed E-state index contributed by atoms with van der Waals surface area (Å²) < 4.78 is 44.4. The minimum atomic E-state index is -4.60. The van der Waals surface area contributed by atoms with Crippen molar-refractivity contribution in [2.75, 3.05) is 17.7 Å². The first kappa shape index (κ1) is 25.8. The van der Waals surface area contributed by atoms with Crippen molar-refractivity contribution in [3.63, 3.8) is 0 Å². The topological polar surface area (TPSA) is 122 Å². The van der Waals surface area contributed by atoms with E-state index in [0.29, 0.717) is 11.6 Å². The van der Waals surface area contributed by atoms with Gasteiger partial charge in [-0.05, 0) is 55.7 Å². The molecular weight excluding hydrogens is 483 g/mol. The van der Waals surface area contributed by atoms with Crippen LogP contribution in [0.2, 0.25) is 5.02 Å². The number of anilines is 2. The van der Waals surface area contributed by atoms with Crippen molar-refractivity contribution < 1.29 is 27.8 Å². The molecule has 1 aromatic carbocycles. The number of carbonyl (C=O) groups is 1. The minimum Gasteiger partial charge on any atom is -0.477 e. The molecule has 0 atom stereocenters. The third-order valence-electron chi connectivity index (χ3n) is 3.69. The van der Waals surface area contributed by atoms with Crippen LogP contribution in [-0.4, -0.2) is 33.2 Å². The van der Waals surface area contributed by atoms with Gasteiger partial charge in [-0.15, -0.1) is 0 Å². The summed E-state index contributed by atoms with van der Waals surface area (Å²) in [6.07, 6.45) is -1.94. The van der Waals surface area contributed by atoms with Crippen molar-refractivity contribution in [1.29, 1.82) is 0 Å². The third-order valence-corrected chi connectivity index (χ3v) is 4.23. The number of ether oxygens (including phenoxy) is 1. The first-order chi connectivity index (χ1) is 15.6. The van der Waals surface area contributed by atoms with Crippen LogP contribution in [0.1, 0.15) is 16.1 Å². The van der Waals surface area contributed by atoms with Gasteiger partial charge in [0.1, 0.15) is 17.3 Å². The SMILES string of the molecule is CN.O=C(O)c1cc(Oc2ccc(NC(=S)Nc3ccc(Cl)c(C(F)(F)F)c3)nc2)ccn1. The molecule has 0 aliphatic carbocycles. The Morgan fingerprint density at radius 3 is 2.42 bits per heavy atom. The number of nitrogens with two attached hydrogens (primary N) is 1. The number of halogens is 4. The van der Waals surface area contributed by atoms with Crippen molar-refractivity contribution in [3.8, 4) is 11.5 Å². The Bertz CT molecular complexity index is 1130. The standard InChI is InChI=1S/C19H12ClF3N4O3S.CH5N/c20-14-3-1-10(7-13(14)19(21,22)23)26-18(31)27-16-4-2-12(9-25-16)30-11-5-6-24-15(8-11)17(28)29;1-2/h1-9H,(H,28,29)(H2,25,26,27,31);2H2,1H3. The van der Waals surface area contributed by atoms with Gasteiger partial charge in [0.15, 0.2) is 10.8 Å². The fraction of sp³-hybridized carbons (Fsp3) is 0.100. The Balaban J connectivity index is 0.00000187. The number of nitrogens with one attached hydrogen (secondary N) is 2. The summed E-state index contributed by atoms with van der Waals surface area (Å²) in [5.74, 6) is -0.308. The zero-order chi connectivity index (χ0) is 24.6. The van der Waals surface area contributed by atoms with E-state index < -0.39 is 22.7 Å². The highest BCUT2D eigenvalue weighted by Crippen LogP contribution is 2.36. The second-order valence-electron chi connectivity index (χ2n) is 5.93. The Labute approximate surface area is 196 Å². The smallest absolute Gasteiger partial charge is 0.417 e. The summed E-state index contributed by atoms with van der Waals surface area (Å²) in [5, 5.41) is 13.9. The maximum Gasteiger partial charge on any atom is 0.417 e. The largest absolute Gasteiger partial charge is 0.477 e. The molecule has 2 aromatic heterocycles. The van der Waals surface area contributed by atoms with E-state index in [2.05, 4.69) is 26.3 Å². The summed E-state index contributed by atoms with van der Waals surface area (Å²) in [7, 11) is 1.50. The van der Waals surface area contributed by atoms with Gasteiger partial charge in [0.25, 0.3) is 0 Å². The fourth-order valence-corrected chi connectivity index (χ4v) is 2.79. The number of thiocarbonyl (C=S) groups is 1. The van der Waals surface area contributed by atoms with Crippen molar-refractivity contribution in [1.82, 2.24) is 9.97 Å². The first-order valence-corrected chi connectivity index (χ1v) is 9.76. The zero-order valence-electron chi connectivity index (χ0n) is 16.9. The van der Waals surface area contributed by atoms with Crippen LogP contribution in [-0.2, 0) is 6.18 Å². The number of aromatic nitrogens is 2. The molecule has 0 saturated carbocycles. The van der Waals surface area contributed by atoms with Crippen molar-refractivity contribution in [2.45, 2.75) is 6.18 Å². The number of hydrogen-bond donors (Lipinski definition) is 4. The molecule has 0 aliphatic rings. The van der Waals surface area contributed by atoms with Crippen LogP contribution >= 0.6 is 23.8 Å². The average Bonchev–Trinajstić information content (AvgIpc) is 2.77. The molecule has 8 nitrogen and oxygen atoms in total. The zero-order valence-corrected chi connectivity index (χ0v) is 18.4. The monoisotopic (exact) mass is 499 g/mol. The van der Waals surface area contributed by atoms with Gasteiger partial charge in [0, 0.05) is 18.0 Å². The number of carboxylic acid groups (broad SMARTS) is 1. The second kappa shape index (κ2) is 11.4. The van der Waals surface area contributed by atoms with Crippen LogP contribution in [0.15, 0.2) is 54.9 Å². The van der Waals surface area contributed by atoms with Gasteiger partial charge in [0.2, 0.25) is 0 Å². The quantitative estimate of drug-likeness (QED) is 0.358. The van der Waals surface area contributed by atoms with E-state index in [4.69, 9.17) is 33.7 Å². The Morgan fingerprint density at radius 1 is 1.09 bits per heavy atom. The van der Waals surface area contributed by atoms with Gasteiger partial charge in [-0.25, -0.2) is 14.8 Å². The molecule has 13 heteroatoms. The average molecular weight is 500 g/mol. The Morgan fingerprint density at radius 2 is 1.82 bits per heavy atom. The molecule has 0 aliphatic heterocycles. The molecule has 33 heavy (non-hydrogen) atoms. The van der Waals surface area contributed by atoms with E-state index in [0.717, 1.165) is 12.1 Å². The van der Waals surface area contributed by atoms with Crippen LogP contribution in [0.4, 0.5) is 24.7 Å². The molecule has 0 amide bonds. The molecule has 0 unspecified atom stereocenters. The van der Waals surface area contributed by atoms with Gasteiger partial charge >= 0.3 is 12.1 Å². The minimum absolute atomic E-state index is 0.0110. The lowest BCUT2D eigenvalue weighted by molar-refractivity contribution is -0.137. The van der Waals surface area contributed by atoms with E-state index in [1.165, 1.54) is 43.7 Å². The lowest BCUT2D eigenvalue weighted by Crippen LogP contribution is -2.20. The number of aromatic carboxylic acids is 1. The third kappa shape index (κ3) is 7.56. The van der Waals surface area contributed by atoms with Gasteiger partial charge in [-0.2, -0.15) is 13.2 Å². The van der Waals surface area contributed by atoms with Gasteiger partial charge in [-0.3, -0.25) is 0 Å². The Hall–Kier alpha value is -3.48. The highest BCUT2D eigenvalue weighted by Gasteiger charge is 2.33. The van der Waals surface area contributed by atoms with Gasteiger partial charge < -0.3 is 26.2 Å². The maximum atomic E-state index is 13.0. The van der Waals surface area contributed by atoms with Crippen molar-refractivity contribution in [2.24, 2.45) is 5.73 Å². The summed E-state index contributed by atoms with van der Waals surface area (Å²) >= 11 is 10.7. The maximum absolute atomic E-state index is 13.0. The molecule has 5 N–H and O–H groups in total. The number of hydrogen-bond acceptors (Lipinski definition) is 6. The lowest BCUT2D eigenvalue weighted by atomic mass is 10.2. The molecule has 0 saturated heterocycles. The van der Waals surface area contributed by atoms with Crippen molar-refractivity contribution in [3.05, 3.63) is 71.1 Å². The number of alkyl halides is 3. The number of nitrogens with zero attached hydrogens (tertiary/aromatic N) is 2. The van der Waals surface area contributed by atoms with Crippen LogP contribution in [0.25, 0.3) is 0 Å². The molecule has 0 bridgehead atoms. The van der Waals surface area contributed by atoms with E-state index in [9.17, 15) is 18.0 Å². The summed E-state index contributed by atoms with van der Waals surface area (Å²) in [4.78, 5) is 18.7. The molecular formula is C20H17ClF3N5O3S. The van der Waals surface area contributed by atoms with Crippen molar-refractivity contribution >= 4 is 46.4 Å². The summed E-state index contributed by atoms with van der Waals surface area (Å²) in [5.41, 5.74) is 3.45. The highest BCUT2D eigenvalue weighted by atomic mass is 35.5. The van der Waals surface area contributed by atoms with E-state index in [1.807, 2.05) is 0 Å². The summed E-state index contributed by atoms with van der Waals surface area (Å²) in [6.45, 7) is 0. The number of pyridine rings is 2. The fourth-order valence-electron chi connectivity index (χ4n) is 2.34. The highest BCUT2D eigenvalue weighted by molar-refractivity contribution is 7.80. The Kier molecular flexibility index (Phi) is 8.91. The summed E-state index contributed by atoms with van der Waals surface area (Å²) in [6, 6.07) is 9.13. The normalized spacial score (nSPS) is 10.5. The molecule has 0 fully saturated rings. The van der Waals surface area contributed by atoms with Crippen LogP contribution in [0.5, 0.6) is 11.5 Å². The predicted molar refractivity (Wildman–Crippen MR) is 122 cm³/mol. The first-order valence-electron chi connectivity index (χ1n) is 8.97. The predicted octanol–water partition coefficient (Wildman–Crippen LogP) is 5.02. The molecule has 3 rings (SSSR count). The lowest BCUT2D eigenvalue weighted by Gasteiger charge is -2.14. The second-order valence-corrected chi connectivity index (χ2v) is 6.75. The molecule has 3 aromatic rings. The van der Waals surface area contributed by atoms with Crippen LogP contribution in [0, 0.1) is 0 Å². The van der Waals surface area contributed by atoms with E-state index >= 15 is 0 Å². The molecule has 0 radical (unpaired) electrons. The van der Waals surface area contributed by atoms with Gasteiger partial charge in [0.05, 0.1) is 16.8 Å². The van der Waals surface area contributed by atoms with Crippen LogP contribution in [0.3, 0.4) is 0 Å². The van der Waals surface area contributed by atoms with Gasteiger partial charge in [-0.1, -0.05) is 11.6 Å².